The minimum absolute atomic E-state index is 0.213. The number of benzene rings is 1. The zero-order valence-corrected chi connectivity index (χ0v) is 8.14. The van der Waals surface area contributed by atoms with E-state index in [1.807, 2.05) is 0 Å². The Balaban J connectivity index is 2.14. The molecule has 0 aliphatic heterocycles. The number of carbonyl (C=O) groups is 1. The van der Waals surface area contributed by atoms with Gasteiger partial charge in [-0.2, -0.15) is 4.98 Å². The number of nitrogens with one attached hydrogen (secondary N) is 2. The third-order valence-electron chi connectivity index (χ3n) is 1.89. The molecular weight excluding hydrogens is 210 g/mol. The molecule has 1 heterocycles. The van der Waals surface area contributed by atoms with E-state index >= 15 is 0 Å². The molecule has 5 N–H and O–H groups in total. The number of anilines is 3. The van der Waals surface area contributed by atoms with Crippen LogP contribution in [0.4, 0.5) is 17.6 Å². The number of aromatic carboxylic acids is 1. The lowest BCUT2D eigenvalue weighted by molar-refractivity contribution is 0.0697. The van der Waals surface area contributed by atoms with Crippen molar-refractivity contribution in [1.29, 1.82) is 0 Å². The number of carboxylic acids is 1. The lowest BCUT2D eigenvalue weighted by Gasteiger charge is -2.01. The highest BCUT2D eigenvalue weighted by Gasteiger charge is 2.03. The average Bonchev–Trinajstić information content (AvgIpc) is 2.65. The maximum absolute atomic E-state index is 10.6. The molecule has 0 saturated carbocycles. The van der Waals surface area contributed by atoms with Crippen LogP contribution in [0.2, 0.25) is 0 Å². The summed E-state index contributed by atoms with van der Waals surface area (Å²) in [7, 11) is 0. The normalized spacial score (nSPS) is 10.0. The van der Waals surface area contributed by atoms with Gasteiger partial charge in [0.25, 0.3) is 0 Å². The van der Waals surface area contributed by atoms with Gasteiger partial charge in [-0.25, -0.2) is 9.89 Å². The van der Waals surface area contributed by atoms with Gasteiger partial charge in [-0.3, -0.25) is 0 Å². The Bertz CT molecular complexity index is 505. The number of carboxylic acid groups (broad SMARTS) is 1. The van der Waals surface area contributed by atoms with E-state index < -0.39 is 5.97 Å². The number of hydrogen-bond acceptors (Lipinski definition) is 5. The second-order valence-corrected chi connectivity index (χ2v) is 3.05. The minimum atomic E-state index is -0.964. The first-order valence-corrected chi connectivity index (χ1v) is 4.43. The van der Waals surface area contributed by atoms with Crippen molar-refractivity contribution in [3.63, 3.8) is 0 Å². The highest BCUT2D eigenvalue weighted by molar-refractivity contribution is 5.88. The molecule has 0 aliphatic carbocycles. The van der Waals surface area contributed by atoms with E-state index in [1.54, 1.807) is 12.1 Å². The number of nitrogens with zero attached hydrogens (tertiary/aromatic N) is 2. The molecular formula is C9H9N5O2. The Morgan fingerprint density at radius 1 is 1.38 bits per heavy atom. The molecule has 1 aromatic heterocycles. The summed E-state index contributed by atoms with van der Waals surface area (Å²) in [4.78, 5) is 14.5. The maximum Gasteiger partial charge on any atom is 0.335 e. The third-order valence-corrected chi connectivity index (χ3v) is 1.89. The van der Waals surface area contributed by atoms with Gasteiger partial charge < -0.3 is 16.2 Å². The van der Waals surface area contributed by atoms with Crippen LogP contribution in [-0.2, 0) is 0 Å². The van der Waals surface area contributed by atoms with Gasteiger partial charge in [0.05, 0.1) is 5.56 Å². The first-order valence-electron chi connectivity index (χ1n) is 4.43. The number of aromatic amines is 1. The predicted molar refractivity (Wildman–Crippen MR) is 57.5 cm³/mol. The average molecular weight is 219 g/mol. The van der Waals surface area contributed by atoms with Crippen molar-refractivity contribution in [3.8, 4) is 0 Å². The molecule has 7 nitrogen and oxygen atoms in total. The van der Waals surface area contributed by atoms with Crippen molar-refractivity contribution < 1.29 is 9.90 Å². The Kier molecular flexibility index (Phi) is 2.42. The number of nitrogen functional groups attached to an aromatic ring is 1. The molecule has 0 radical (unpaired) electrons. The van der Waals surface area contributed by atoms with E-state index in [0.717, 1.165) is 0 Å². The Morgan fingerprint density at radius 2 is 2.06 bits per heavy atom. The quantitative estimate of drug-likeness (QED) is 0.607. The molecule has 0 amide bonds. The van der Waals surface area contributed by atoms with E-state index in [9.17, 15) is 4.79 Å². The largest absolute Gasteiger partial charge is 0.478 e. The van der Waals surface area contributed by atoms with Crippen LogP contribution >= 0.6 is 0 Å². The summed E-state index contributed by atoms with van der Waals surface area (Å²) >= 11 is 0. The maximum atomic E-state index is 10.6. The second kappa shape index (κ2) is 3.89. The Morgan fingerprint density at radius 3 is 2.56 bits per heavy atom. The summed E-state index contributed by atoms with van der Waals surface area (Å²) in [5.41, 5.74) is 6.26. The first kappa shape index (κ1) is 9.97. The fraction of sp³-hybridized carbons (Fsp3) is 0. The summed E-state index contributed by atoms with van der Waals surface area (Å²) in [6.07, 6.45) is 0. The van der Waals surface area contributed by atoms with Gasteiger partial charge in [0, 0.05) is 5.69 Å². The van der Waals surface area contributed by atoms with Crippen molar-refractivity contribution in [3.05, 3.63) is 29.8 Å². The Hall–Kier alpha value is -2.57. The molecule has 7 heteroatoms. The van der Waals surface area contributed by atoms with E-state index in [-0.39, 0.29) is 11.5 Å². The van der Waals surface area contributed by atoms with Gasteiger partial charge in [-0.1, -0.05) is 0 Å². The van der Waals surface area contributed by atoms with Crippen LogP contribution in [0.5, 0.6) is 0 Å². The van der Waals surface area contributed by atoms with Crippen molar-refractivity contribution in [2.24, 2.45) is 0 Å². The van der Waals surface area contributed by atoms with E-state index in [4.69, 9.17) is 10.8 Å². The van der Waals surface area contributed by atoms with Gasteiger partial charge in [-0.05, 0) is 24.3 Å². The van der Waals surface area contributed by atoms with E-state index in [1.165, 1.54) is 12.1 Å². The van der Waals surface area contributed by atoms with Crippen LogP contribution in [0, 0.1) is 0 Å². The first-order chi connectivity index (χ1) is 7.65. The van der Waals surface area contributed by atoms with Crippen molar-refractivity contribution in [2.45, 2.75) is 0 Å². The fourth-order valence-electron chi connectivity index (χ4n) is 1.16. The summed E-state index contributed by atoms with van der Waals surface area (Å²) in [6, 6.07) is 6.22. The minimum Gasteiger partial charge on any atom is -0.478 e. The SMILES string of the molecule is Nc1nc(Nc2ccc(C(=O)O)cc2)n[nH]1. The fourth-order valence-corrected chi connectivity index (χ4v) is 1.16. The molecule has 0 spiro atoms. The molecule has 0 aliphatic rings. The van der Waals surface area contributed by atoms with Crippen LogP contribution in [0.1, 0.15) is 10.4 Å². The number of hydrogen-bond donors (Lipinski definition) is 4. The van der Waals surface area contributed by atoms with Crippen molar-refractivity contribution >= 4 is 23.6 Å². The van der Waals surface area contributed by atoms with Crippen LogP contribution in [-0.4, -0.2) is 26.3 Å². The number of rotatable bonds is 3. The van der Waals surface area contributed by atoms with Crippen molar-refractivity contribution in [1.82, 2.24) is 15.2 Å². The topological polar surface area (TPSA) is 117 Å². The van der Waals surface area contributed by atoms with Gasteiger partial charge in [0.15, 0.2) is 0 Å². The predicted octanol–water partition coefficient (Wildman–Crippen LogP) is 0.829. The van der Waals surface area contributed by atoms with Crippen LogP contribution in [0.25, 0.3) is 0 Å². The van der Waals surface area contributed by atoms with Gasteiger partial charge in [-0.15, -0.1) is 5.10 Å². The van der Waals surface area contributed by atoms with Crippen LogP contribution in [0.15, 0.2) is 24.3 Å². The summed E-state index contributed by atoms with van der Waals surface area (Å²) < 4.78 is 0. The molecule has 1 aromatic carbocycles. The number of nitrogens with two attached hydrogens (primary N) is 1. The summed E-state index contributed by atoms with van der Waals surface area (Å²) in [6.45, 7) is 0. The molecule has 2 aromatic rings. The molecule has 0 fully saturated rings. The zero-order chi connectivity index (χ0) is 11.5. The highest BCUT2D eigenvalue weighted by atomic mass is 16.4. The molecule has 0 bridgehead atoms. The van der Waals surface area contributed by atoms with Crippen molar-refractivity contribution in [2.75, 3.05) is 11.1 Å². The van der Waals surface area contributed by atoms with Gasteiger partial charge >= 0.3 is 5.97 Å². The lowest BCUT2D eigenvalue weighted by atomic mass is 10.2. The second-order valence-electron chi connectivity index (χ2n) is 3.05. The smallest absolute Gasteiger partial charge is 0.335 e. The molecule has 0 unspecified atom stereocenters. The van der Waals surface area contributed by atoms with Gasteiger partial charge in [0.2, 0.25) is 11.9 Å². The number of H-pyrrole nitrogens is 1. The van der Waals surface area contributed by atoms with Crippen LogP contribution < -0.4 is 11.1 Å². The standard InChI is InChI=1S/C9H9N5O2/c10-8-12-9(14-13-8)11-6-3-1-5(2-4-6)7(15)16/h1-4H,(H,15,16)(H4,10,11,12,13,14). The summed E-state index contributed by atoms with van der Waals surface area (Å²) in [5, 5.41) is 17.8. The molecule has 0 saturated heterocycles. The van der Waals surface area contributed by atoms with E-state index in [0.29, 0.717) is 11.6 Å². The van der Waals surface area contributed by atoms with Gasteiger partial charge in [0.1, 0.15) is 0 Å². The lowest BCUT2D eigenvalue weighted by Crippen LogP contribution is -1.97. The summed E-state index contributed by atoms with van der Waals surface area (Å²) in [5.74, 6) is -0.418. The molecule has 82 valence electrons. The monoisotopic (exact) mass is 219 g/mol. The Labute approximate surface area is 90.3 Å². The molecule has 0 atom stereocenters. The highest BCUT2D eigenvalue weighted by Crippen LogP contribution is 2.13. The van der Waals surface area contributed by atoms with E-state index in [2.05, 4.69) is 20.5 Å². The van der Waals surface area contributed by atoms with Crippen LogP contribution in [0.3, 0.4) is 0 Å². The molecule has 2 rings (SSSR count). The number of aromatic nitrogens is 3. The molecule has 16 heavy (non-hydrogen) atoms. The third kappa shape index (κ3) is 2.08. The zero-order valence-electron chi connectivity index (χ0n) is 8.14.